The van der Waals surface area contributed by atoms with Gasteiger partial charge in [-0.1, -0.05) is 24.3 Å². The Morgan fingerprint density at radius 2 is 1.90 bits per heavy atom. The maximum atomic E-state index is 12.9. The molecule has 6 heteroatoms. The van der Waals surface area contributed by atoms with Gasteiger partial charge in [-0.25, -0.2) is 9.37 Å². The van der Waals surface area contributed by atoms with Gasteiger partial charge in [0.25, 0.3) is 5.89 Å². The third kappa shape index (κ3) is 4.54. The number of hydrogen-bond donors (Lipinski definition) is 0. The number of carbonyl (C=O) groups excluding carboxylic acids is 1. The largest absolute Gasteiger partial charge is 0.494 e. The highest BCUT2D eigenvalue weighted by Crippen LogP contribution is 2.26. The number of fused-ring (bicyclic) bond motifs is 1. The van der Waals surface area contributed by atoms with Crippen molar-refractivity contribution in [2.45, 2.75) is 26.2 Å². The number of benzene rings is 2. The predicted octanol–water partition coefficient (Wildman–Crippen LogP) is 5.77. The number of unbranched alkanes of at least 4 members (excludes halogenated alkanes) is 1. The van der Waals surface area contributed by atoms with Crippen LogP contribution in [0.3, 0.4) is 0 Å². The fourth-order valence-corrected chi connectivity index (χ4v) is 3.20. The van der Waals surface area contributed by atoms with E-state index in [0.717, 1.165) is 16.7 Å². The third-order valence-corrected chi connectivity index (χ3v) is 4.82. The molecule has 0 unspecified atom stereocenters. The van der Waals surface area contributed by atoms with Gasteiger partial charge in [-0.3, -0.25) is 4.79 Å². The predicted molar refractivity (Wildman–Crippen MR) is 112 cm³/mol. The van der Waals surface area contributed by atoms with Gasteiger partial charge in [0.1, 0.15) is 11.6 Å². The molecule has 0 aliphatic rings. The fraction of sp³-hybridized carbons (Fsp3) is 0.208. The number of ketones is 1. The van der Waals surface area contributed by atoms with Crippen molar-refractivity contribution >= 4 is 17.0 Å². The Bertz CT molecular complexity index is 1170. The molecular formula is C24H21FN2O3. The van der Waals surface area contributed by atoms with Crippen molar-refractivity contribution in [3.8, 4) is 16.9 Å². The molecule has 2 aromatic carbocycles. The third-order valence-electron chi connectivity index (χ3n) is 4.82. The van der Waals surface area contributed by atoms with E-state index in [0.29, 0.717) is 42.8 Å². The smallest absolute Gasteiger partial charge is 0.265 e. The van der Waals surface area contributed by atoms with Crippen molar-refractivity contribution in [2.24, 2.45) is 0 Å². The number of ether oxygens (including phenoxy) is 1. The van der Waals surface area contributed by atoms with E-state index in [2.05, 4.69) is 9.97 Å². The first-order chi connectivity index (χ1) is 14.6. The molecule has 0 amide bonds. The van der Waals surface area contributed by atoms with Crippen LogP contribution in [0.1, 0.15) is 35.5 Å². The average Bonchev–Trinajstić information content (AvgIpc) is 3.18. The normalized spacial score (nSPS) is 11.0. The first-order valence-corrected chi connectivity index (χ1v) is 9.84. The summed E-state index contributed by atoms with van der Waals surface area (Å²) < 4.78 is 24.1. The van der Waals surface area contributed by atoms with E-state index in [1.807, 2.05) is 37.3 Å². The van der Waals surface area contributed by atoms with Crippen LogP contribution in [0.4, 0.5) is 4.39 Å². The molecule has 0 saturated heterocycles. The Morgan fingerprint density at radius 1 is 1.10 bits per heavy atom. The van der Waals surface area contributed by atoms with Crippen LogP contribution < -0.4 is 4.74 Å². The Labute approximate surface area is 173 Å². The van der Waals surface area contributed by atoms with Gasteiger partial charge in [-0.15, -0.1) is 0 Å². The van der Waals surface area contributed by atoms with Crippen LogP contribution in [0.2, 0.25) is 0 Å². The van der Waals surface area contributed by atoms with E-state index in [4.69, 9.17) is 9.15 Å². The first kappa shape index (κ1) is 19.8. The van der Waals surface area contributed by atoms with Gasteiger partial charge >= 0.3 is 0 Å². The van der Waals surface area contributed by atoms with E-state index >= 15 is 0 Å². The quantitative estimate of drug-likeness (QED) is 0.276. The van der Waals surface area contributed by atoms with E-state index in [9.17, 15) is 9.18 Å². The number of nitrogens with zero attached hydrogens (tertiary/aromatic N) is 2. The highest BCUT2D eigenvalue weighted by atomic mass is 19.1. The summed E-state index contributed by atoms with van der Waals surface area (Å²) in [5, 5.41) is 0. The summed E-state index contributed by atoms with van der Waals surface area (Å²) in [5.74, 6) is 0.232. The van der Waals surface area contributed by atoms with Crippen molar-refractivity contribution in [3.05, 3.63) is 78.1 Å². The lowest BCUT2D eigenvalue weighted by Crippen LogP contribution is -2.02. The van der Waals surface area contributed by atoms with Gasteiger partial charge in [-0.05, 0) is 61.2 Å². The summed E-state index contributed by atoms with van der Waals surface area (Å²) in [7, 11) is 0. The van der Waals surface area contributed by atoms with Crippen LogP contribution in [0.5, 0.6) is 5.75 Å². The summed E-state index contributed by atoms with van der Waals surface area (Å²) in [4.78, 5) is 21.0. The van der Waals surface area contributed by atoms with Crippen molar-refractivity contribution < 1.29 is 18.3 Å². The summed E-state index contributed by atoms with van der Waals surface area (Å²) in [6.45, 7) is 2.49. The molecule has 4 rings (SSSR count). The molecule has 5 nitrogen and oxygen atoms in total. The highest BCUT2D eigenvalue weighted by molar-refractivity contribution is 5.94. The second kappa shape index (κ2) is 8.86. The van der Waals surface area contributed by atoms with Gasteiger partial charge in [-0.2, -0.15) is 4.98 Å². The fourth-order valence-electron chi connectivity index (χ4n) is 3.20. The number of hydrogen-bond acceptors (Lipinski definition) is 5. The monoisotopic (exact) mass is 404 g/mol. The molecule has 0 N–H and O–H groups in total. The minimum Gasteiger partial charge on any atom is -0.494 e. The van der Waals surface area contributed by atoms with Crippen molar-refractivity contribution in [1.82, 2.24) is 9.97 Å². The van der Waals surface area contributed by atoms with E-state index in [1.54, 1.807) is 18.3 Å². The lowest BCUT2D eigenvalue weighted by atomic mass is 10.0. The lowest BCUT2D eigenvalue weighted by molar-refractivity contribution is 0.0946. The van der Waals surface area contributed by atoms with Crippen molar-refractivity contribution in [2.75, 3.05) is 6.61 Å². The Kier molecular flexibility index (Phi) is 5.84. The molecule has 0 bridgehead atoms. The van der Waals surface area contributed by atoms with Gasteiger partial charge in [0.15, 0.2) is 11.2 Å². The molecule has 2 heterocycles. The molecule has 0 atom stereocenters. The average molecular weight is 404 g/mol. The van der Waals surface area contributed by atoms with Crippen LogP contribution >= 0.6 is 0 Å². The molecule has 2 aromatic heterocycles. The number of Topliss-reactive ketones (excluding diaryl/α,β-unsaturated/α-hetero) is 1. The van der Waals surface area contributed by atoms with Gasteiger partial charge in [0.05, 0.1) is 6.61 Å². The van der Waals surface area contributed by atoms with E-state index < -0.39 is 0 Å². The molecule has 4 aromatic rings. The minimum atomic E-state index is -0.299. The lowest BCUT2D eigenvalue weighted by Gasteiger charge is -2.05. The van der Waals surface area contributed by atoms with Crippen LogP contribution in [0.15, 0.2) is 65.2 Å². The van der Waals surface area contributed by atoms with E-state index in [-0.39, 0.29) is 17.5 Å². The van der Waals surface area contributed by atoms with Gasteiger partial charge < -0.3 is 9.15 Å². The molecule has 30 heavy (non-hydrogen) atoms. The Morgan fingerprint density at radius 3 is 2.70 bits per heavy atom. The standard InChI is InChI=1S/C24H21FN2O3/c1-16-6-2-3-7-20(16)17-14-22-23(26-15-17)27-24(30-22)21(28)8-4-5-13-29-19-11-9-18(25)10-12-19/h2-3,6-7,9-12,14-15H,4-5,8,13H2,1H3. The van der Waals surface area contributed by atoms with Gasteiger partial charge in [0.2, 0.25) is 5.78 Å². The molecule has 0 saturated carbocycles. The molecular weight excluding hydrogens is 383 g/mol. The van der Waals surface area contributed by atoms with Crippen molar-refractivity contribution in [1.29, 1.82) is 0 Å². The first-order valence-electron chi connectivity index (χ1n) is 9.84. The maximum Gasteiger partial charge on any atom is 0.265 e. The maximum absolute atomic E-state index is 12.9. The number of halogens is 1. The van der Waals surface area contributed by atoms with Crippen LogP contribution in [0, 0.1) is 12.7 Å². The second-order valence-electron chi connectivity index (χ2n) is 7.06. The topological polar surface area (TPSA) is 65.2 Å². The number of aromatic nitrogens is 2. The molecule has 0 aliphatic heterocycles. The van der Waals surface area contributed by atoms with Gasteiger partial charge in [0, 0.05) is 18.2 Å². The molecule has 0 spiro atoms. The van der Waals surface area contributed by atoms with Crippen LogP contribution in [-0.2, 0) is 0 Å². The molecule has 0 fully saturated rings. The summed E-state index contributed by atoms with van der Waals surface area (Å²) in [6, 6.07) is 15.7. The highest BCUT2D eigenvalue weighted by Gasteiger charge is 2.16. The zero-order valence-corrected chi connectivity index (χ0v) is 16.6. The Hall–Kier alpha value is -3.54. The van der Waals surface area contributed by atoms with E-state index in [1.165, 1.54) is 12.1 Å². The molecule has 152 valence electrons. The molecule has 0 radical (unpaired) electrons. The number of pyridine rings is 1. The zero-order valence-electron chi connectivity index (χ0n) is 16.6. The van der Waals surface area contributed by atoms with Crippen LogP contribution in [0.25, 0.3) is 22.4 Å². The van der Waals surface area contributed by atoms with Crippen LogP contribution in [-0.4, -0.2) is 22.4 Å². The summed E-state index contributed by atoms with van der Waals surface area (Å²) >= 11 is 0. The molecule has 0 aliphatic carbocycles. The second-order valence-corrected chi connectivity index (χ2v) is 7.06. The number of aryl methyl sites for hydroxylation is 1. The Balaban J connectivity index is 1.34. The number of oxazole rings is 1. The van der Waals surface area contributed by atoms with Crippen molar-refractivity contribution in [3.63, 3.8) is 0 Å². The SMILES string of the molecule is Cc1ccccc1-c1cnc2nc(C(=O)CCCCOc3ccc(F)cc3)oc2c1. The number of rotatable bonds is 8. The minimum absolute atomic E-state index is 0.0823. The summed E-state index contributed by atoms with van der Waals surface area (Å²) in [6.07, 6.45) is 3.39. The zero-order chi connectivity index (χ0) is 20.9. The summed E-state index contributed by atoms with van der Waals surface area (Å²) in [5.41, 5.74) is 4.05. The number of carbonyl (C=O) groups is 1.